The van der Waals surface area contributed by atoms with Crippen LogP contribution in [0.5, 0.6) is 0 Å². The third-order valence-electron chi connectivity index (χ3n) is 2.74. The van der Waals surface area contributed by atoms with Crippen LogP contribution in [0, 0.1) is 13.8 Å². The molecule has 0 aliphatic heterocycles. The van der Waals surface area contributed by atoms with Gasteiger partial charge in [-0.15, -0.1) is 11.3 Å². The summed E-state index contributed by atoms with van der Waals surface area (Å²) in [6, 6.07) is 0. The maximum atomic E-state index is 11.7. The van der Waals surface area contributed by atoms with Crippen molar-refractivity contribution in [3.8, 4) is 0 Å². The van der Waals surface area contributed by atoms with Gasteiger partial charge in [0.1, 0.15) is 5.01 Å². The summed E-state index contributed by atoms with van der Waals surface area (Å²) in [6.07, 6.45) is 0. The fourth-order valence-electron chi connectivity index (χ4n) is 1.58. The van der Waals surface area contributed by atoms with Crippen LogP contribution in [0.1, 0.15) is 29.4 Å². The van der Waals surface area contributed by atoms with E-state index in [-0.39, 0.29) is 5.91 Å². The fraction of sp³-hybridized carbons (Fsp3) is 0.667. The lowest BCUT2D eigenvalue weighted by atomic mass is 10.4. The summed E-state index contributed by atoms with van der Waals surface area (Å²) < 4.78 is 0. The van der Waals surface area contributed by atoms with Crippen molar-refractivity contribution in [2.45, 2.75) is 34.2 Å². The lowest BCUT2D eigenvalue weighted by Crippen LogP contribution is -2.37. The van der Waals surface area contributed by atoms with Crippen molar-refractivity contribution in [2.24, 2.45) is 0 Å². The number of nitrogens with one attached hydrogen (secondary N) is 1. The highest BCUT2D eigenvalue weighted by Crippen LogP contribution is 2.15. The molecule has 1 N–H and O–H groups in total. The van der Waals surface area contributed by atoms with Crippen molar-refractivity contribution in [3.05, 3.63) is 15.6 Å². The molecule has 17 heavy (non-hydrogen) atoms. The summed E-state index contributed by atoms with van der Waals surface area (Å²) in [4.78, 5) is 19.2. The lowest BCUT2D eigenvalue weighted by molar-refractivity contribution is -0.129. The second-order valence-corrected chi connectivity index (χ2v) is 5.21. The number of nitrogens with zero attached hydrogens (tertiary/aromatic N) is 2. The minimum Gasteiger partial charge on any atom is -0.342 e. The van der Waals surface area contributed by atoms with Crippen molar-refractivity contribution in [2.75, 3.05) is 19.6 Å². The predicted octanol–water partition coefficient (Wildman–Crippen LogP) is 1.72. The summed E-state index contributed by atoms with van der Waals surface area (Å²) in [7, 11) is 0. The number of amides is 1. The van der Waals surface area contributed by atoms with Crippen molar-refractivity contribution < 1.29 is 4.79 Å². The first kappa shape index (κ1) is 14.1. The topological polar surface area (TPSA) is 45.2 Å². The van der Waals surface area contributed by atoms with E-state index >= 15 is 0 Å². The molecule has 0 spiro atoms. The molecule has 0 atom stereocenters. The van der Waals surface area contributed by atoms with Gasteiger partial charge in [-0.05, 0) is 27.7 Å². The Morgan fingerprint density at radius 3 is 2.47 bits per heavy atom. The molecule has 0 saturated heterocycles. The number of aromatic nitrogens is 1. The zero-order chi connectivity index (χ0) is 12.8. The average molecular weight is 255 g/mol. The van der Waals surface area contributed by atoms with E-state index in [2.05, 4.69) is 17.2 Å². The Balaban J connectivity index is 2.35. The van der Waals surface area contributed by atoms with E-state index in [4.69, 9.17) is 0 Å². The molecule has 0 fully saturated rings. The Labute approximate surface area is 107 Å². The Morgan fingerprint density at radius 2 is 2.00 bits per heavy atom. The maximum absolute atomic E-state index is 11.7. The first-order valence-electron chi connectivity index (χ1n) is 5.99. The van der Waals surface area contributed by atoms with E-state index in [9.17, 15) is 4.79 Å². The summed E-state index contributed by atoms with van der Waals surface area (Å²) in [5, 5.41) is 4.20. The molecule has 5 heteroatoms. The summed E-state index contributed by atoms with van der Waals surface area (Å²) in [5.41, 5.74) is 1.09. The van der Waals surface area contributed by atoms with Gasteiger partial charge >= 0.3 is 0 Å². The predicted molar refractivity (Wildman–Crippen MR) is 71.2 cm³/mol. The number of hydrogen-bond acceptors (Lipinski definition) is 4. The molecular weight excluding hydrogens is 234 g/mol. The Bertz CT molecular complexity index is 352. The molecule has 0 aliphatic carbocycles. The van der Waals surface area contributed by atoms with Gasteiger partial charge in [0.2, 0.25) is 5.91 Å². The van der Waals surface area contributed by atoms with E-state index in [0.29, 0.717) is 13.1 Å². The third-order valence-corrected chi connectivity index (χ3v) is 3.81. The first-order chi connectivity index (χ1) is 8.08. The summed E-state index contributed by atoms with van der Waals surface area (Å²) in [5.74, 6) is 0.153. The molecule has 1 aromatic heterocycles. The molecular formula is C12H21N3OS. The maximum Gasteiger partial charge on any atom is 0.236 e. The molecule has 0 aliphatic rings. The van der Waals surface area contributed by atoms with E-state index in [1.807, 2.05) is 25.7 Å². The molecule has 0 unspecified atom stereocenters. The minimum atomic E-state index is 0.153. The molecule has 1 heterocycles. The number of thiazole rings is 1. The number of aryl methyl sites for hydroxylation is 2. The number of carbonyl (C=O) groups excluding carboxylic acids is 1. The molecule has 96 valence electrons. The van der Waals surface area contributed by atoms with Crippen LogP contribution in [0.15, 0.2) is 0 Å². The van der Waals surface area contributed by atoms with Gasteiger partial charge in [0.15, 0.2) is 0 Å². The van der Waals surface area contributed by atoms with Crippen LogP contribution in [0.3, 0.4) is 0 Å². The van der Waals surface area contributed by atoms with Crippen LogP contribution in [0.25, 0.3) is 0 Å². The van der Waals surface area contributed by atoms with Crippen molar-refractivity contribution >= 4 is 17.2 Å². The molecule has 0 radical (unpaired) electrons. The van der Waals surface area contributed by atoms with Gasteiger partial charge in [-0.25, -0.2) is 4.98 Å². The normalized spacial score (nSPS) is 10.6. The molecule has 0 aromatic carbocycles. The molecule has 1 aromatic rings. The van der Waals surface area contributed by atoms with E-state index in [1.54, 1.807) is 11.3 Å². The number of likely N-dealkylation sites (N-methyl/N-ethyl adjacent to an activating group) is 1. The fourth-order valence-corrected chi connectivity index (χ4v) is 2.48. The van der Waals surface area contributed by atoms with Gasteiger partial charge in [-0.1, -0.05) is 0 Å². The van der Waals surface area contributed by atoms with E-state index in [0.717, 1.165) is 23.8 Å². The average Bonchev–Trinajstić information content (AvgIpc) is 2.60. The number of carbonyl (C=O) groups is 1. The number of rotatable bonds is 6. The lowest BCUT2D eigenvalue weighted by Gasteiger charge is -2.18. The molecule has 1 amide bonds. The highest BCUT2D eigenvalue weighted by atomic mass is 32.1. The van der Waals surface area contributed by atoms with Crippen molar-refractivity contribution in [1.29, 1.82) is 0 Å². The second-order valence-electron chi connectivity index (χ2n) is 3.92. The van der Waals surface area contributed by atoms with Crippen LogP contribution >= 0.6 is 11.3 Å². The van der Waals surface area contributed by atoms with Gasteiger partial charge in [0.25, 0.3) is 0 Å². The zero-order valence-electron chi connectivity index (χ0n) is 11.0. The summed E-state index contributed by atoms with van der Waals surface area (Å²) >= 11 is 1.69. The molecule has 1 rings (SSSR count). The molecule has 0 bridgehead atoms. The van der Waals surface area contributed by atoms with Gasteiger partial charge in [-0.3, -0.25) is 4.79 Å². The monoisotopic (exact) mass is 255 g/mol. The first-order valence-corrected chi connectivity index (χ1v) is 6.81. The van der Waals surface area contributed by atoms with Crippen LogP contribution in [-0.4, -0.2) is 35.4 Å². The SMILES string of the molecule is CCN(CC)C(=O)CNCc1nc(C)c(C)s1. The van der Waals surface area contributed by atoms with Crippen molar-refractivity contribution in [3.63, 3.8) is 0 Å². The third kappa shape index (κ3) is 4.09. The minimum absolute atomic E-state index is 0.153. The van der Waals surface area contributed by atoms with E-state index in [1.165, 1.54) is 4.88 Å². The van der Waals surface area contributed by atoms with Gasteiger partial charge in [-0.2, -0.15) is 0 Å². The van der Waals surface area contributed by atoms with Crippen LogP contribution in [-0.2, 0) is 11.3 Å². The molecule has 0 saturated carbocycles. The van der Waals surface area contributed by atoms with Crippen molar-refractivity contribution in [1.82, 2.24) is 15.2 Å². The Kier molecular flexibility index (Phi) is 5.58. The standard InChI is InChI=1S/C12H21N3OS/c1-5-15(6-2)12(16)8-13-7-11-14-9(3)10(4)17-11/h13H,5-8H2,1-4H3. The molecule has 4 nitrogen and oxygen atoms in total. The largest absolute Gasteiger partial charge is 0.342 e. The zero-order valence-corrected chi connectivity index (χ0v) is 11.9. The highest BCUT2D eigenvalue weighted by molar-refractivity contribution is 7.11. The quantitative estimate of drug-likeness (QED) is 0.842. The van der Waals surface area contributed by atoms with Gasteiger partial charge < -0.3 is 10.2 Å². The second kappa shape index (κ2) is 6.71. The number of hydrogen-bond donors (Lipinski definition) is 1. The Morgan fingerprint density at radius 1 is 1.35 bits per heavy atom. The Hall–Kier alpha value is -0.940. The smallest absolute Gasteiger partial charge is 0.236 e. The highest BCUT2D eigenvalue weighted by Gasteiger charge is 2.09. The van der Waals surface area contributed by atoms with E-state index < -0.39 is 0 Å². The summed E-state index contributed by atoms with van der Waals surface area (Å²) in [6.45, 7) is 10.7. The van der Waals surface area contributed by atoms with Gasteiger partial charge in [0, 0.05) is 24.5 Å². The van der Waals surface area contributed by atoms with Crippen LogP contribution in [0.4, 0.5) is 0 Å². The van der Waals surface area contributed by atoms with Crippen LogP contribution < -0.4 is 5.32 Å². The van der Waals surface area contributed by atoms with Crippen LogP contribution in [0.2, 0.25) is 0 Å². The van der Waals surface area contributed by atoms with Gasteiger partial charge in [0.05, 0.1) is 12.2 Å².